The third kappa shape index (κ3) is 2.90. The second-order valence-electron chi connectivity index (χ2n) is 6.93. The molecule has 138 valence electrons. The summed E-state index contributed by atoms with van der Waals surface area (Å²) in [7, 11) is 0. The van der Waals surface area contributed by atoms with Gasteiger partial charge in [-0.25, -0.2) is 8.78 Å². The molecule has 0 unspecified atom stereocenters. The van der Waals surface area contributed by atoms with Crippen LogP contribution in [0.25, 0.3) is 21.9 Å². The topological polar surface area (TPSA) is 71.4 Å². The molecule has 0 bridgehead atoms. The molecule has 6 nitrogen and oxygen atoms in total. The summed E-state index contributed by atoms with van der Waals surface area (Å²) in [5.74, 6) is -1.99. The van der Waals surface area contributed by atoms with Crippen LogP contribution in [0.4, 0.5) is 20.3 Å². The Morgan fingerprint density at radius 2 is 2.15 bits per heavy atom. The third-order valence-corrected chi connectivity index (χ3v) is 5.17. The number of alkyl halides is 2. The number of hydrogen-bond acceptors (Lipinski definition) is 4. The van der Waals surface area contributed by atoms with E-state index in [4.69, 9.17) is 11.6 Å². The molecule has 1 aliphatic rings. The van der Waals surface area contributed by atoms with Crippen molar-refractivity contribution in [2.24, 2.45) is 5.92 Å². The molecule has 0 radical (unpaired) electrons. The lowest BCUT2D eigenvalue weighted by molar-refractivity contribution is -0.114. The van der Waals surface area contributed by atoms with E-state index in [9.17, 15) is 8.78 Å². The average Bonchev–Trinajstić information content (AvgIpc) is 3.15. The van der Waals surface area contributed by atoms with E-state index in [1.54, 1.807) is 10.9 Å². The normalized spacial score (nSPS) is 16.7. The van der Waals surface area contributed by atoms with Crippen LogP contribution in [0.2, 0.25) is 5.15 Å². The van der Waals surface area contributed by atoms with Crippen molar-refractivity contribution in [1.29, 1.82) is 0 Å². The summed E-state index contributed by atoms with van der Waals surface area (Å²) in [6.45, 7) is 0.444. The fraction of sp³-hybridized carbons (Fsp3) is 0.278. The molecule has 0 aliphatic heterocycles. The van der Waals surface area contributed by atoms with Gasteiger partial charge in [0.1, 0.15) is 5.52 Å². The number of hydrogen-bond donors (Lipinski definition) is 2. The van der Waals surface area contributed by atoms with Crippen molar-refractivity contribution < 1.29 is 8.78 Å². The molecule has 1 saturated carbocycles. The summed E-state index contributed by atoms with van der Waals surface area (Å²) in [5.41, 5.74) is 3.19. The van der Waals surface area contributed by atoms with Crippen molar-refractivity contribution in [3.05, 3.63) is 41.7 Å². The Hall–Kier alpha value is -2.74. The predicted octanol–water partition coefficient (Wildman–Crippen LogP) is 4.75. The van der Waals surface area contributed by atoms with Crippen LogP contribution in [-0.2, 0) is 6.54 Å². The van der Waals surface area contributed by atoms with Gasteiger partial charge in [-0.15, -0.1) is 0 Å². The predicted molar refractivity (Wildman–Crippen MR) is 99.6 cm³/mol. The molecular formula is C18H15ClF2N6. The zero-order valence-electron chi connectivity index (χ0n) is 14.1. The summed E-state index contributed by atoms with van der Waals surface area (Å²) in [6.07, 6.45) is 1.52. The summed E-state index contributed by atoms with van der Waals surface area (Å²) >= 11 is 6.29. The molecule has 5 rings (SSSR count). The minimum atomic E-state index is -2.53. The lowest BCUT2D eigenvalue weighted by atomic mass is 9.81. The van der Waals surface area contributed by atoms with Crippen molar-refractivity contribution in [2.75, 3.05) is 5.32 Å². The first kappa shape index (κ1) is 16.4. The van der Waals surface area contributed by atoms with E-state index in [-0.39, 0.29) is 18.8 Å². The number of nitrogens with one attached hydrogen (secondary N) is 2. The lowest BCUT2D eigenvalue weighted by Crippen LogP contribution is -2.37. The number of nitrogens with zero attached hydrogens (tertiary/aromatic N) is 4. The van der Waals surface area contributed by atoms with Gasteiger partial charge in [-0.1, -0.05) is 11.6 Å². The first-order chi connectivity index (χ1) is 13.0. The molecule has 1 fully saturated rings. The summed E-state index contributed by atoms with van der Waals surface area (Å²) in [5, 5.41) is 15.8. The van der Waals surface area contributed by atoms with Crippen LogP contribution >= 0.6 is 11.6 Å². The highest BCUT2D eigenvalue weighted by atomic mass is 35.5. The molecule has 2 N–H and O–H groups in total. The van der Waals surface area contributed by atoms with E-state index in [0.717, 1.165) is 27.6 Å². The maximum Gasteiger partial charge on any atom is 0.248 e. The van der Waals surface area contributed by atoms with E-state index in [2.05, 4.69) is 25.6 Å². The van der Waals surface area contributed by atoms with Crippen molar-refractivity contribution in [1.82, 2.24) is 25.0 Å². The van der Waals surface area contributed by atoms with E-state index >= 15 is 0 Å². The minimum Gasteiger partial charge on any atom is -0.337 e. The Bertz CT molecular complexity index is 1140. The maximum absolute atomic E-state index is 13.1. The monoisotopic (exact) mass is 388 g/mol. The van der Waals surface area contributed by atoms with E-state index in [1.165, 1.54) is 0 Å². The Morgan fingerprint density at radius 1 is 1.30 bits per heavy atom. The average molecular weight is 389 g/mol. The largest absolute Gasteiger partial charge is 0.337 e. The molecule has 1 aromatic carbocycles. The van der Waals surface area contributed by atoms with E-state index in [0.29, 0.717) is 17.5 Å². The second kappa shape index (κ2) is 5.88. The molecule has 0 atom stereocenters. The highest BCUT2D eigenvalue weighted by molar-refractivity contribution is 6.34. The summed E-state index contributed by atoms with van der Waals surface area (Å²) in [4.78, 5) is 4.32. The number of H-pyrrole nitrogens is 1. The molecule has 9 heteroatoms. The van der Waals surface area contributed by atoms with Gasteiger partial charge in [0.25, 0.3) is 0 Å². The number of rotatable bonds is 4. The van der Waals surface area contributed by atoms with Crippen LogP contribution in [0, 0.1) is 5.92 Å². The molecular weight excluding hydrogens is 374 g/mol. The quantitative estimate of drug-likeness (QED) is 0.529. The highest BCUT2D eigenvalue weighted by Crippen LogP contribution is 2.43. The Morgan fingerprint density at radius 3 is 2.96 bits per heavy atom. The Balaban J connectivity index is 1.43. The Kier molecular flexibility index (Phi) is 3.58. The minimum absolute atomic E-state index is 0.0709. The van der Waals surface area contributed by atoms with Crippen LogP contribution in [0.1, 0.15) is 12.8 Å². The van der Waals surface area contributed by atoms with Crippen LogP contribution in [0.15, 0.2) is 36.5 Å². The van der Waals surface area contributed by atoms with E-state index < -0.39 is 5.92 Å². The fourth-order valence-electron chi connectivity index (χ4n) is 3.59. The number of fused-ring (bicyclic) bond motifs is 2. The van der Waals surface area contributed by atoms with Crippen LogP contribution in [0.3, 0.4) is 0 Å². The van der Waals surface area contributed by atoms with Gasteiger partial charge in [-0.3, -0.25) is 14.8 Å². The standard InChI is InChI=1S/C18H15ClF2N6/c19-16-12-6-11(23-17-15-13(24-25-17)2-1-5-22-15)3-4-14(12)27(26-16)9-10-7-18(20,21)8-10/h1-6,10H,7-9H2,(H2,23,24,25). The van der Waals surface area contributed by atoms with E-state index in [1.807, 2.05) is 30.3 Å². The Labute approximate surface area is 157 Å². The third-order valence-electron chi connectivity index (χ3n) is 4.89. The van der Waals surface area contributed by atoms with Crippen molar-refractivity contribution >= 4 is 45.0 Å². The van der Waals surface area contributed by atoms with Gasteiger partial charge in [0.15, 0.2) is 11.0 Å². The molecule has 4 aromatic rings. The summed E-state index contributed by atoms with van der Waals surface area (Å²) < 4.78 is 27.9. The van der Waals surface area contributed by atoms with Gasteiger partial charge in [-0.2, -0.15) is 10.2 Å². The molecule has 3 aromatic heterocycles. The number of anilines is 2. The molecule has 1 aliphatic carbocycles. The molecule has 0 amide bonds. The van der Waals surface area contributed by atoms with Crippen molar-refractivity contribution in [2.45, 2.75) is 25.3 Å². The van der Waals surface area contributed by atoms with Crippen LogP contribution in [-0.4, -0.2) is 30.9 Å². The first-order valence-electron chi connectivity index (χ1n) is 8.58. The maximum atomic E-state index is 13.1. The van der Waals surface area contributed by atoms with Gasteiger partial charge in [0.2, 0.25) is 5.92 Å². The second-order valence-corrected chi connectivity index (χ2v) is 7.29. The first-order valence-corrected chi connectivity index (χ1v) is 8.96. The number of aromatic amines is 1. The van der Waals surface area contributed by atoms with Gasteiger partial charge < -0.3 is 5.32 Å². The molecule has 0 saturated heterocycles. The van der Waals surface area contributed by atoms with Crippen LogP contribution < -0.4 is 5.32 Å². The number of benzene rings is 1. The van der Waals surface area contributed by atoms with Crippen molar-refractivity contribution in [3.8, 4) is 0 Å². The highest BCUT2D eigenvalue weighted by Gasteiger charge is 2.45. The van der Waals surface area contributed by atoms with Crippen LogP contribution in [0.5, 0.6) is 0 Å². The number of halogens is 3. The number of pyridine rings is 1. The fourth-order valence-corrected chi connectivity index (χ4v) is 3.84. The zero-order valence-corrected chi connectivity index (χ0v) is 14.8. The van der Waals surface area contributed by atoms with Crippen molar-refractivity contribution in [3.63, 3.8) is 0 Å². The zero-order chi connectivity index (χ0) is 18.6. The lowest BCUT2D eigenvalue weighted by Gasteiger charge is -2.34. The number of aromatic nitrogens is 5. The SMILES string of the molecule is FC1(F)CC(Cn2nc(Cl)c3cc(Nc4n[nH]c5cccnc45)ccc32)C1. The molecule has 3 heterocycles. The van der Waals surface area contributed by atoms with Gasteiger partial charge in [0, 0.05) is 36.7 Å². The smallest absolute Gasteiger partial charge is 0.248 e. The van der Waals surface area contributed by atoms with Gasteiger partial charge in [0.05, 0.1) is 11.0 Å². The van der Waals surface area contributed by atoms with Gasteiger partial charge in [-0.05, 0) is 36.2 Å². The molecule has 0 spiro atoms. The molecule has 27 heavy (non-hydrogen) atoms. The summed E-state index contributed by atoms with van der Waals surface area (Å²) in [6, 6.07) is 9.38. The van der Waals surface area contributed by atoms with Gasteiger partial charge >= 0.3 is 0 Å².